The minimum Gasteiger partial charge on any atom is -0.363 e. The molecular weight excluding hydrogens is 253 g/mol. The van der Waals surface area contributed by atoms with Gasteiger partial charge in [-0.05, 0) is 6.42 Å². The number of halogens is 2. The van der Waals surface area contributed by atoms with E-state index < -0.39 is 11.2 Å². The highest BCUT2D eigenvalue weighted by Gasteiger charge is 2.14. The first-order chi connectivity index (χ1) is 7.60. The zero-order chi connectivity index (χ0) is 12.1. The largest absolute Gasteiger partial charge is 0.363 e. The molecule has 0 aliphatic rings. The van der Waals surface area contributed by atoms with Crippen LogP contribution < -0.4 is 16.1 Å². The Labute approximate surface area is 102 Å². The van der Waals surface area contributed by atoms with Gasteiger partial charge in [0.25, 0.3) is 5.56 Å². The summed E-state index contributed by atoms with van der Waals surface area (Å²) in [6.45, 7) is 3.14. The highest BCUT2D eigenvalue weighted by Crippen LogP contribution is 2.17. The monoisotopic (exact) mass is 265 g/mol. The second-order valence-corrected chi connectivity index (χ2v) is 4.00. The molecule has 5 nitrogen and oxygen atoms in total. The van der Waals surface area contributed by atoms with Gasteiger partial charge in [-0.2, -0.15) is 0 Å². The molecule has 7 heteroatoms. The Morgan fingerprint density at radius 2 is 1.94 bits per heavy atom. The van der Waals surface area contributed by atoms with Crippen LogP contribution in [0.2, 0.25) is 5.15 Å². The molecule has 0 radical (unpaired) electrons. The van der Waals surface area contributed by atoms with Gasteiger partial charge in [0, 0.05) is 19.0 Å². The summed E-state index contributed by atoms with van der Waals surface area (Å²) in [5, 5.41) is 0.0484. The number of aromatic amines is 2. The fraction of sp³-hybridized carbons (Fsp3) is 0.556. The maximum atomic E-state index is 11.6. The summed E-state index contributed by atoms with van der Waals surface area (Å²) in [4.78, 5) is 28.8. The van der Waals surface area contributed by atoms with Crippen LogP contribution in [0, 0.1) is 0 Å². The summed E-state index contributed by atoms with van der Waals surface area (Å²) in [5.74, 6) is 0.384. The minimum absolute atomic E-state index is 0.0484. The van der Waals surface area contributed by atoms with Gasteiger partial charge in [0.05, 0.1) is 0 Å². The lowest BCUT2D eigenvalue weighted by molar-refractivity contribution is 0.782. The van der Waals surface area contributed by atoms with Crippen LogP contribution in [-0.4, -0.2) is 28.9 Å². The van der Waals surface area contributed by atoms with E-state index in [1.54, 1.807) is 4.90 Å². The zero-order valence-corrected chi connectivity index (χ0v) is 10.4. The maximum Gasteiger partial charge on any atom is 0.326 e. The number of H-pyrrole nitrogens is 2. The average Bonchev–Trinajstić information content (AvgIpc) is 2.16. The molecule has 0 saturated heterocycles. The number of nitrogens with one attached hydrogen (secondary N) is 2. The summed E-state index contributed by atoms with van der Waals surface area (Å²) in [6.07, 6.45) is 0.853. The van der Waals surface area contributed by atoms with E-state index in [2.05, 4.69) is 9.97 Å². The SMILES string of the molecule is CCCN(CCCl)c1c(Cl)[nH]c(=O)[nH]c1=O. The molecule has 0 spiro atoms. The van der Waals surface area contributed by atoms with Crippen LogP contribution in [0.3, 0.4) is 0 Å². The quantitative estimate of drug-likeness (QED) is 0.621. The number of hydrogen-bond acceptors (Lipinski definition) is 3. The highest BCUT2D eigenvalue weighted by atomic mass is 35.5. The Bertz CT molecular complexity index is 449. The van der Waals surface area contributed by atoms with Crippen molar-refractivity contribution < 1.29 is 0 Å². The van der Waals surface area contributed by atoms with Crippen molar-refractivity contribution in [3.8, 4) is 0 Å². The Kier molecular flexibility index (Phi) is 4.89. The topological polar surface area (TPSA) is 69.0 Å². The molecule has 0 amide bonds. The van der Waals surface area contributed by atoms with Crippen molar-refractivity contribution in [2.45, 2.75) is 13.3 Å². The molecule has 0 bridgehead atoms. The molecule has 0 atom stereocenters. The van der Waals surface area contributed by atoms with Crippen LogP contribution >= 0.6 is 23.2 Å². The van der Waals surface area contributed by atoms with Gasteiger partial charge in [-0.15, -0.1) is 11.6 Å². The number of alkyl halides is 1. The molecule has 0 aliphatic carbocycles. The van der Waals surface area contributed by atoms with E-state index in [-0.39, 0.29) is 10.8 Å². The lowest BCUT2D eigenvalue weighted by atomic mass is 10.3. The Morgan fingerprint density at radius 3 is 2.44 bits per heavy atom. The molecule has 0 saturated carbocycles. The van der Waals surface area contributed by atoms with Crippen molar-refractivity contribution in [2.24, 2.45) is 0 Å². The van der Waals surface area contributed by atoms with Crippen LogP contribution in [-0.2, 0) is 0 Å². The Balaban J connectivity index is 3.18. The minimum atomic E-state index is -0.610. The molecule has 1 rings (SSSR count). The lowest BCUT2D eigenvalue weighted by Gasteiger charge is -2.22. The molecule has 0 aliphatic heterocycles. The second-order valence-electron chi connectivity index (χ2n) is 3.25. The van der Waals surface area contributed by atoms with Crippen molar-refractivity contribution in [1.82, 2.24) is 9.97 Å². The van der Waals surface area contributed by atoms with Crippen LogP contribution in [0.1, 0.15) is 13.3 Å². The normalized spacial score (nSPS) is 10.4. The lowest BCUT2D eigenvalue weighted by Crippen LogP contribution is -2.35. The molecular formula is C9H13Cl2N3O2. The Morgan fingerprint density at radius 1 is 1.25 bits per heavy atom. The third-order valence-corrected chi connectivity index (χ3v) is 2.48. The molecule has 90 valence electrons. The fourth-order valence-corrected chi connectivity index (χ4v) is 1.94. The zero-order valence-electron chi connectivity index (χ0n) is 8.85. The third kappa shape index (κ3) is 3.02. The van der Waals surface area contributed by atoms with Crippen molar-refractivity contribution in [3.05, 3.63) is 26.0 Å². The first-order valence-electron chi connectivity index (χ1n) is 4.93. The van der Waals surface area contributed by atoms with Crippen LogP contribution in [0.15, 0.2) is 9.59 Å². The number of aromatic nitrogens is 2. The van der Waals surface area contributed by atoms with E-state index in [4.69, 9.17) is 23.2 Å². The molecule has 1 aromatic rings. The second kappa shape index (κ2) is 5.96. The first-order valence-corrected chi connectivity index (χ1v) is 5.84. The molecule has 0 fully saturated rings. The van der Waals surface area contributed by atoms with Gasteiger partial charge in [0.1, 0.15) is 10.8 Å². The molecule has 0 aromatic carbocycles. The Hall–Kier alpha value is -0.940. The van der Waals surface area contributed by atoms with Crippen molar-refractivity contribution in [3.63, 3.8) is 0 Å². The summed E-state index contributed by atoms with van der Waals surface area (Å²) < 4.78 is 0. The molecule has 2 N–H and O–H groups in total. The van der Waals surface area contributed by atoms with Gasteiger partial charge < -0.3 is 4.90 Å². The van der Waals surface area contributed by atoms with Gasteiger partial charge in [0.15, 0.2) is 0 Å². The van der Waals surface area contributed by atoms with Gasteiger partial charge >= 0.3 is 5.69 Å². The predicted octanol–water partition coefficient (Wildman–Crippen LogP) is 1.17. The molecule has 16 heavy (non-hydrogen) atoms. The van der Waals surface area contributed by atoms with Crippen molar-refractivity contribution in [1.29, 1.82) is 0 Å². The van der Waals surface area contributed by atoms with E-state index >= 15 is 0 Å². The standard InChI is InChI=1S/C9H13Cl2N3O2/c1-2-4-14(5-3-10)6-7(11)12-9(16)13-8(6)15/h2-5H2,1H3,(H2,12,13,15,16). The highest BCUT2D eigenvalue weighted by molar-refractivity contribution is 6.31. The summed E-state index contributed by atoms with van der Waals surface area (Å²) in [6, 6.07) is 0. The summed E-state index contributed by atoms with van der Waals surface area (Å²) in [5.41, 5.74) is -0.836. The van der Waals surface area contributed by atoms with Gasteiger partial charge in [0.2, 0.25) is 0 Å². The predicted molar refractivity (Wildman–Crippen MR) is 65.9 cm³/mol. The van der Waals surface area contributed by atoms with Crippen molar-refractivity contribution in [2.75, 3.05) is 23.9 Å². The van der Waals surface area contributed by atoms with E-state index in [1.165, 1.54) is 0 Å². The number of anilines is 1. The molecule has 0 unspecified atom stereocenters. The van der Waals surface area contributed by atoms with Crippen LogP contribution in [0.5, 0.6) is 0 Å². The molecule has 1 heterocycles. The fourth-order valence-electron chi connectivity index (χ4n) is 1.44. The van der Waals surface area contributed by atoms with Crippen molar-refractivity contribution >= 4 is 28.9 Å². The average molecular weight is 266 g/mol. The number of hydrogen-bond donors (Lipinski definition) is 2. The van der Waals surface area contributed by atoms with E-state index in [0.29, 0.717) is 19.0 Å². The van der Waals surface area contributed by atoms with Gasteiger partial charge in [-0.25, -0.2) is 4.79 Å². The first kappa shape index (κ1) is 13.1. The van der Waals surface area contributed by atoms with Crippen LogP contribution in [0.4, 0.5) is 5.69 Å². The summed E-state index contributed by atoms with van der Waals surface area (Å²) in [7, 11) is 0. The summed E-state index contributed by atoms with van der Waals surface area (Å²) >= 11 is 11.5. The number of rotatable bonds is 5. The van der Waals surface area contributed by atoms with E-state index in [9.17, 15) is 9.59 Å². The third-order valence-electron chi connectivity index (χ3n) is 2.04. The smallest absolute Gasteiger partial charge is 0.326 e. The van der Waals surface area contributed by atoms with E-state index in [1.807, 2.05) is 6.92 Å². The van der Waals surface area contributed by atoms with Gasteiger partial charge in [-0.3, -0.25) is 14.8 Å². The van der Waals surface area contributed by atoms with Gasteiger partial charge in [-0.1, -0.05) is 18.5 Å². The number of nitrogens with zero attached hydrogens (tertiary/aromatic N) is 1. The van der Waals surface area contributed by atoms with E-state index in [0.717, 1.165) is 6.42 Å². The van der Waals surface area contributed by atoms with Crippen LogP contribution in [0.25, 0.3) is 0 Å². The maximum absolute atomic E-state index is 11.6. The molecule has 1 aromatic heterocycles.